The monoisotopic (exact) mass is 338 g/mol. The third-order valence-corrected chi connectivity index (χ3v) is 4.40. The summed E-state index contributed by atoms with van der Waals surface area (Å²) in [6.07, 6.45) is 9.57. The second-order valence-electron chi connectivity index (χ2n) is 6.30. The van der Waals surface area contributed by atoms with E-state index in [0.29, 0.717) is 6.01 Å². The highest BCUT2D eigenvalue weighted by atomic mass is 16.5. The fourth-order valence-corrected chi connectivity index (χ4v) is 3.24. The molecular formula is C18H22N6O. The smallest absolute Gasteiger partial charge is 0.316 e. The van der Waals surface area contributed by atoms with Gasteiger partial charge in [0.05, 0.1) is 12.7 Å². The van der Waals surface area contributed by atoms with Gasteiger partial charge in [-0.05, 0) is 25.1 Å². The minimum absolute atomic E-state index is 0.00253. The third-order valence-electron chi connectivity index (χ3n) is 4.40. The molecule has 0 radical (unpaired) electrons. The van der Waals surface area contributed by atoms with E-state index < -0.39 is 0 Å². The van der Waals surface area contributed by atoms with Crippen molar-refractivity contribution in [3.63, 3.8) is 0 Å². The molecule has 0 amide bonds. The number of nitrogens with zero attached hydrogens (tertiary/aromatic N) is 6. The Morgan fingerprint density at radius 1 is 1.20 bits per heavy atom. The summed E-state index contributed by atoms with van der Waals surface area (Å²) in [4.78, 5) is 10.8. The molecule has 25 heavy (non-hydrogen) atoms. The zero-order valence-electron chi connectivity index (χ0n) is 14.3. The lowest BCUT2D eigenvalue weighted by Gasteiger charge is -2.23. The predicted molar refractivity (Wildman–Crippen MR) is 92.9 cm³/mol. The number of hydrogen-bond donors (Lipinski definition) is 0. The van der Waals surface area contributed by atoms with Crippen molar-refractivity contribution >= 4 is 0 Å². The highest BCUT2D eigenvalue weighted by molar-refractivity contribution is 5.11. The zero-order chi connectivity index (χ0) is 17.1. The summed E-state index contributed by atoms with van der Waals surface area (Å²) >= 11 is 0. The SMILES string of the molecule is CCn1cc(CN2Cc3cccn3C[C@@H](Oc3ncccn3)C2)cn1. The Labute approximate surface area is 146 Å². The summed E-state index contributed by atoms with van der Waals surface area (Å²) in [5.74, 6) is 0. The zero-order valence-corrected chi connectivity index (χ0v) is 14.3. The molecule has 1 aliphatic heterocycles. The summed E-state index contributed by atoms with van der Waals surface area (Å²) in [6.45, 7) is 6.34. The van der Waals surface area contributed by atoms with Crippen LogP contribution in [0.2, 0.25) is 0 Å². The van der Waals surface area contributed by atoms with E-state index in [1.165, 1.54) is 11.3 Å². The van der Waals surface area contributed by atoms with Crippen molar-refractivity contribution < 1.29 is 4.74 Å². The lowest BCUT2D eigenvalue weighted by atomic mass is 10.2. The maximum absolute atomic E-state index is 6.05. The molecule has 0 fully saturated rings. The molecule has 130 valence electrons. The fourth-order valence-electron chi connectivity index (χ4n) is 3.24. The minimum atomic E-state index is -0.00253. The first-order valence-corrected chi connectivity index (χ1v) is 8.61. The van der Waals surface area contributed by atoms with Crippen LogP contribution in [0.5, 0.6) is 6.01 Å². The Bertz CT molecular complexity index is 812. The molecule has 0 spiro atoms. The van der Waals surface area contributed by atoms with Crippen LogP contribution in [0.4, 0.5) is 0 Å². The summed E-state index contributed by atoms with van der Waals surface area (Å²) in [7, 11) is 0. The van der Waals surface area contributed by atoms with Gasteiger partial charge in [0.25, 0.3) is 0 Å². The molecule has 0 bridgehead atoms. The molecule has 0 aliphatic carbocycles. The van der Waals surface area contributed by atoms with Gasteiger partial charge in [0.15, 0.2) is 0 Å². The van der Waals surface area contributed by atoms with Crippen molar-refractivity contribution in [2.75, 3.05) is 6.54 Å². The highest BCUT2D eigenvalue weighted by Crippen LogP contribution is 2.18. The summed E-state index contributed by atoms with van der Waals surface area (Å²) < 4.78 is 10.3. The molecule has 1 aliphatic rings. The van der Waals surface area contributed by atoms with E-state index in [9.17, 15) is 0 Å². The molecule has 7 nitrogen and oxygen atoms in total. The van der Waals surface area contributed by atoms with Crippen molar-refractivity contribution in [3.8, 4) is 6.01 Å². The number of fused-ring (bicyclic) bond motifs is 1. The molecule has 0 N–H and O–H groups in total. The van der Waals surface area contributed by atoms with Crippen LogP contribution in [-0.2, 0) is 26.2 Å². The molecule has 3 aromatic rings. The number of rotatable bonds is 5. The molecular weight excluding hydrogens is 316 g/mol. The Kier molecular flexibility index (Phi) is 4.47. The van der Waals surface area contributed by atoms with E-state index in [2.05, 4.69) is 56.0 Å². The van der Waals surface area contributed by atoms with Gasteiger partial charge >= 0.3 is 6.01 Å². The lowest BCUT2D eigenvalue weighted by molar-refractivity contribution is 0.114. The van der Waals surface area contributed by atoms with Crippen LogP contribution in [0.25, 0.3) is 0 Å². The van der Waals surface area contributed by atoms with Crippen LogP contribution in [-0.4, -0.2) is 41.9 Å². The van der Waals surface area contributed by atoms with Crippen LogP contribution < -0.4 is 4.74 Å². The van der Waals surface area contributed by atoms with Crippen LogP contribution >= 0.6 is 0 Å². The Morgan fingerprint density at radius 2 is 2.08 bits per heavy atom. The first-order chi connectivity index (χ1) is 12.3. The van der Waals surface area contributed by atoms with E-state index in [4.69, 9.17) is 4.74 Å². The Balaban J connectivity index is 1.52. The van der Waals surface area contributed by atoms with E-state index >= 15 is 0 Å². The van der Waals surface area contributed by atoms with Gasteiger partial charge < -0.3 is 9.30 Å². The molecule has 7 heteroatoms. The van der Waals surface area contributed by atoms with Gasteiger partial charge in [0, 0.05) is 62.2 Å². The number of hydrogen-bond acceptors (Lipinski definition) is 5. The average Bonchev–Trinajstić information content (AvgIpc) is 3.22. The van der Waals surface area contributed by atoms with Crippen molar-refractivity contribution in [2.24, 2.45) is 0 Å². The Hall–Kier alpha value is -2.67. The van der Waals surface area contributed by atoms with E-state index in [-0.39, 0.29) is 6.10 Å². The van der Waals surface area contributed by atoms with Gasteiger partial charge in [-0.3, -0.25) is 9.58 Å². The molecule has 1 atom stereocenters. The normalized spacial score (nSPS) is 17.9. The van der Waals surface area contributed by atoms with Crippen molar-refractivity contribution in [1.29, 1.82) is 0 Å². The molecule has 0 unspecified atom stereocenters. The standard InChI is InChI=1S/C18H22N6O/c1-2-24-11-15(9-21-24)10-22-12-16-5-3-8-23(16)14-17(13-22)25-18-19-6-4-7-20-18/h3-9,11,17H,2,10,12-14H2,1H3/t17-/m0/s1. The topological polar surface area (TPSA) is 61.0 Å². The summed E-state index contributed by atoms with van der Waals surface area (Å²) in [6, 6.07) is 6.48. The van der Waals surface area contributed by atoms with Crippen LogP contribution in [0.1, 0.15) is 18.2 Å². The molecule has 4 heterocycles. The highest BCUT2D eigenvalue weighted by Gasteiger charge is 2.23. The van der Waals surface area contributed by atoms with Crippen molar-refractivity contribution in [3.05, 3.63) is 60.4 Å². The van der Waals surface area contributed by atoms with Gasteiger partial charge in [-0.25, -0.2) is 9.97 Å². The molecule has 0 aromatic carbocycles. The van der Waals surface area contributed by atoms with Gasteiger partial charge in [0.2, 0.25) is 0 Å². The van der Waals surface area contributed by atoms with E-state index in [0.717, 1.165) is 32.7 Å². The van der Waals surface area contributed by atoms with Crippen molar-refractivity contribution in [1.82, 2.24) is 29.2 Å². The molecule has 3 aromatic heterocycles. The molecule has 0 saturated heterocycles. The van der Waals surface area contributed by atoms with Gasteiger partial charge in [-0.2, -0.15) is 5.10 Å². The largest absolute Gasteiger partial charge is 0.457 e. The maximum atomic E-state index is 6.05. The number of ether oxygens (including phenoxy) is 1. The summed E-state index contributed by atoms with van der Waals surface area (Å²) in [5.41, 5.74) is 2.51. The Morgan fingerprint density at radius 3 is 2.88 bits per heavy atom. The minimum Gasteiger partial charge on any atom is -0.457 e. The second-order valence-corrected chi connectivity index (χ2v) is 6.30. The van der Waals surface area contributed by atoms with Crippen LogP contribution in [0, 0.1) is 0 Å². The van der Waals surface area contributed by atoms with Crippen LogP contribution in [0.15, 0.2) is 49.2 Å². The summed E-state index contributed by atoms with van der Waals surface area (Å²) in [5, 5.41) is 4.38. The third kappa shape index (κ3) is 3.71. The second kappa shape index (κ2) is 7.06. The van der Waals surface area contributed by atoms with Gasteiger partial charge in [-0.15, -0.1) is 0 Å². The molecule has 0 saturated carbocycles. The number of aromatic nitrogens is 5. The average molecular weight is 338 g/mol. The van der Waals surface area contributed by atoms with Crippen molar-refractivity contribution in [2.45, 2.75) is 39.2 Å². The quantitative estimate of drug-likeness (QED) is 0.712. The fraction of sp³-hybridized carbons (Fsp3) is 0.389. The van der Waals surface area contributed by atoms with Gasteiger partial charge in [-0.1, -0.05) is 0 Å². The lowest BCUT2D eigenvalue weighted by Crippen LogP contribution is -2.34. The van der Waals surface area contributed by atoms with E-state index in [1.54, 1.807) is 18.5 Å². The first-order valence-electron chi connectivity index (χ1n) is 8.61. The van der Waals surface area contributed by atoms with E-state index in [1.807, 2.05) is 10.9 Å². The van der Waals surface area contributed by atoms with Crippen LogP contribution in [0.3, 0.4) is 0 Å². The maximum Gasteiger partial charge on any atom is 0.316 e. The first kappa shape index (κ1) is 15.8. The van der Waals surface area contributed by atoms with Gasteiger partial charge in [0.1, 0.15) is 6.10 Å². The predicted octanol–water partition coefficient (Wildman–Crippen LogP) is 1.96. The molecule has 4 rings (SSSR count). The number of aryl methyl sites for hydroxylation is 1.